The molecule has 1 saturated heterocycles. The van der Waals surface area contributed by atoms with Gasteiger partial charge in [0.2, 0.25) is 0 Å². The average Bonchev–Trinajstić information content (AvgIpc) is 3.33. The first kappa shape index (κ1) is 24.1. The normalized spacial score (nSPS) is 22.1. The second-order valence-corrected chi connectivity index (χ2v) is 8.31. The number of imide groups is 1. The largest absolute Gasteiger partial charge is 0.462 e. The van der Waals surface area contributed by atoms with Crippen molar-refractivity contribution in [3.8, 4) is 0 Å². The van der Waals surface area contributed by atoms with E-state index in [0.717, 1.165) is 16.4 Å². The summed E-state index contributed by atoms with van der Waals surface area (Å²) in [5.74, 6) is -2.47. The minimum absolute atomic E-state index is 0.0423. The Morgan fingerprint density at radius 2 is 1.71 bits per heavy atom. The Bertz CT molecular complexity index is 1290. The predicted molar refractivity (Wildman–Crippen MR) is 118 cm³/mol. The van der Waals surface area contributed by atoms with Gasteiger partial charge in [-0.05, 0) is 19.1 Å². The van der Waals surface area contributed by atoms with Gasteiger partial charge in [-0.3, -0.25) is 38.4 Å². The van der Waals surface area contributed by atoms with Crippen molar-refractivity contribution in [1.82, 2.24) is 14.5 Å². The number of aromatic amines is 1. The molecular formula is C23H23N3O9. The van der Waals surface area contributed by atoms with Crippen LogP contribution in [0.15, 0.2) is 40.1 Å². The Balaban J connectivity index is 1.76. The fourth-order valence-electron chi connectivity index (χ4n) is 4.35. The molecule has 0 saturated carbocycles. The third kappa shape index (κ3) is 4.52. The van der Waals surface area contributed by atoms with E-state index in [1.165, 1.54) is 32.2 Å². The summed E-state index contributed by atoms with van der Waals surface area (Å²) in [7, 11) is 0. The molecule has 3 heterocycles. The molecule has 1 N–H and O–H groups in total. The first-order chi connectivity index (χ1) is 16.6. The van der Waals surface area contributed by atoms with Gasteiger partial charge in [0.15, 0.2) is 6.10 Å². The first-order valence-corrected chi connectivity index (χ1v) is 10.8. The maximum Gasteiger partial charge on any atom is 0.330 e. The second kappa shape index (κ2) is 9.29. The minimum Gasteiger partial charge on any atom is -0.462 e. The number of fused-ring (bicyclic) bond motifs is 1. The number of nitrogens with one attached hydrogen (secondary N) is 1. The Morgan fingerprint density at radius 3 is 2.29 bits per heavy atom. The molecular weight excluding hydrogens is 462 g/mol. The maximum atomic E-state index is 13.2. The van der Waals surface area contributed by atoms with Gasteiger partial charge >= 0.3 is 17.6 Å². The lowest BCUT2D eigenvalue weighted by Crippen LogP contribution is -2.51. The van der Waals surface area contributed by atoms with E-state index in [4.69, 9.17) is 14.2 Å². The molecule has 2 aliphatic heterocycles. The van der Waals surface area contributed by atoms with Crippen LogP contribution in [0.2, 0.25) is 0 Å². The molecule has 4 atom stereocenters. The smallest absolute Gasteiger partial charge is 0.330 e. The van der Waals surface area contributed by atoms with Gasteiger partial charge in [-0.1, -0.05) is 12.1 Å². The summed E-state index contributed by atoms with van der Waals surface area (Å²) in [5, 5.41) is 0. The summed E-state index contributed by atoms with van der Waals surface area (Å²) in [6.45, 7) is 3.43. The van der Waals surface area contributed by atoms with Crippen molar-refractivity contribution in [3.63, 3.8) is 0 Å². The molecule has 1 fully saturated rings. The van der Waals surface area contributed by atoms with E-state index in [-0.39, 0.29) is 23.1 Å². The molecule has 0 radical (unpaired) electrons. The number of hydrogen-bond donors (Lipinski definition) is 1. The molecule has 2 aromatic rings. The quantitative estimate of drug-likeness (QED) is 0.449. The lowest BCUT2D eigenvalue weighted by Gasteiger charge is -2.31. The summed E-state index contributed by atoms with van der Waals surface area (Å²) < 4.78 is 17.6. The van der Waals surface area contributed by atoms with Gasteiger partial charge in [-0.25, -0.2) is 4.79 Å². The number of esters is 2. The minimum atomic E-state index is -1.18. The summed E-state index contributed by atoms with van der Waals surface area (Å²) in [5.41, 5.74) is -0.659. The van der Waals surface area contributed by atoms with Crippen LogP contribution in [0.3, 0.4) is 0 Å². The fraction of sp³-hybridized carbons (Fsp3) is 0.391. The van der Waals surface area contributed by atoms with Crippen LogP contribution in [0.25, 0.3) is 0 Å². The third-order valence-electron chi connectivity index (χ3n) is 5.88. The zero-order valence-electron chi connectivity index (χ0n) is 19.2. The molecule has 1 aromatic heterocycles. The Hall–Kier alpha value is -4.06. The number of amides is 2. The number of benzene rings is 1. The lowest BCUT2D eigenvalue weighted by atomic mass is 10.0. The van der Waals surface area contributed by atoms with Crippen LogP contribution in [-0.2, 0) is 23.8 Å². The number of H-pyrrole nitrogens is 1. The fourth-order valence-corrected chi connectivity index (χ4v) is 4.35. The van der Waals surface area contributed by atoms with Crippen LogP contribution < -0.4 is 11.2 Å². The van der Waals surface area contributed by atoms with Crippen molar-refractivity contribution in [2.75, 3.05) is 6.61 Å². The Morgan fingerprint density at radius 1 is 1.09 bits per heavy atom. The number of ether oxygens (including phenoxy) is 3. The molecule has 0 spiro atoms. The highest BCUT2D eigenvalue weighted by Crippen LogP contribution is 2.38. The lowest BCUT2D eigenvalue weighted by molar-refractivity contribution is -0.169. The van der Waals surface area contributed by atoms with Crippen LogP contribution in [0.4, 0.5) is 0 Å². The van der Waals surface area contributed by atoms with E-state index < -0.39 is 66.1 Å². The number of hydrogen-bond acceptors (Lipinski definition) is 9. The number of aromatic nitrogens is 2. The number of nitrogens with zero attached hydrogens (tertiary/aromatic N) is 2. The summed E-state index contributed by atoms with van der Waals surface area (Å²) in [6.07, 6.45) is -2.08. The summed E-state index contributed by atoms with van der Waals surface area (Å²) in [6, 6.07) is 5.33. The van der Waals surface area contributed by atoms with Gasteiger partial charge in [0, 0.05) is 32.0 Å². The van der Waals surface area contributed by atoms with Crippen molar-refractivity contribution in [1.29, 1.82) is 0 Å². The molecule has 4 rings (SSSR count). The van der Waals surface area contributed by atoms with E-state index in [2.05, 4.69) is 4.98 Å². The summed E-state index contributed by atoms with van der Waals surface area (Å²) in [4.78, 5) is 77.2. The van der Waals surface area contributed by atoms with Crippen molar-refractivity contribution >= 4 is 23.8 Å². The van der Waals surface area contributed by atoms with Crippen LogP contribution in [0.1, 0.15) is 52.8 Å². The molecule has 0 aliphatic carbocycles. The van der Waals surface area contributed by atoms with E-state index in [0.29, 0.717) is 0 Å². The average molecular weight is 485 g/mol. The Labute approximate surface area is 198 Å². The second-order valence-electron chi connectivity index (χ2n) is 8.31. The van der Waals surface area contributed by atoms with E-state index in [1.54, 1.807) is 12.1 Å². The number of carbonyl (C=O) groups excluding carboxylic acids is 4. The van der Waals surface area contributed by atoms with Crippen molar-refractivity contribution in [3.05, 3.63) is 68.0 Å². The predicted octanol–water partition coefficient (Wildman–Crippen LogP) is 0.292. The number of carbonyl (C=O) groups is 4. The zero-order valence-corrected chi connectivity index (χ0v) is 19.2. The van der Waals surface area contributed by atoms with Crippen LogP contribution in [-0.4, -0.2) is 63.1 Å². The molecule has 0 bridgehead atoms. The Kier molecular flexibility index (Phi) is 6.39. The van der Waals surface area contributed by atoms with Crippen molar-refractivity contribution < 1.29 is 33.4 Å². The maximum absolute atomic E-state index is 13.2. The van der Waals surface area contributed by atoms with Crippen molar-refractivity contribution in [2.24, 2.45) is 0 Å². The molecule has 0 unspecified atom stereocenters. The van der Waals surface area contributed by atoms with Gasteiger partial charge in [0.05, 0.1) is 17.2 Å². The van der Waals surface area contributed by atoms with Crippen molar-refractivity contribution in [2.45, 2.75) is 51.7 Å². The standard InChI is InChI=1S/C23H23N3O9/c1-11-9-25(23(32)24-20(11)29)18-8-16(19(35-18)17(34-13(3)28)10-33-12(2)27)26-21(30)14-6-4-5-7-15(14)22(26)31/h4-7,9,16-19H,8,10H2,1-3H3,(H,24,29,32)/t16-,17+,18+,19-/m0/s1. The zero-order chi connectivity index (χ0) is 25.4. The van der Waals surface area contributed by atoms with Gasteiger partial charge in [-0.15, -0.1) is 0 Å². The molecule has 2 amide bonds. The highest BCUT2D eigenvalue weighted by Gasteiger charge is 2.51. The highest BCUT2D eigenvalue weighted by molar-refractivity contribution is 6.21. The number of rotatable bonds is 6. The monoisotopic (exact) mass is 485 g/mol. The van der Waals surface area contributed by atoms with Gasteiger partial charge in [0.25, 0.3) is 17.4 Å². The van der Waals surface area contributed by atoms with Crippen LogP contribution in [0, 0.1) is 6.92 Å². The topological polar surface area (TPSA) is 154 Å². The summed E-state index contributed by atoms with van der Waals surface area (Å²) >= 11 is 0. The van der Waals surface area contributed by atoms with Gasteiger partial charge in [0.1, 0.15) is 18.9 Å². The molecule has 35 heavy (non-hydrogen) atoms. The first-order valence-electron chi connectivity index (χ1n) is 10.8. The highest BCUT2D eigenvalue weighted by atomic mass is 16.6. The van der Waals surface area contributed by atoms with Gasteiger partial charge < -0.3 is 14.2 Å². The molecule has 12 heteroatoms. The third-order valence-corrected chi connectivity index (χ3v) is 5.88. The molecule has 2 aliphatic rings. The molecule has 12 nitrogen and oxygen atoms in total. The van der Waals surface area contributed by atoms with Crippen LogP contribution in [0.5, 0.6) is 0 Å². The SMILES string of the molecule is CC(=O)OC[C@@H](OC(C)=O)[C@H]1O[C@@H](n2cc(C)c(=O)[nH]c2=O)C[C@@H]1N1C(=O)c2ccccc2C1=O. The van der Waals surface area contributed by atoms with Crippen LogP contribution >= 0.6 is 0 Å². The van der Waals surface area contributed by atoms with Gasteiger partial charge in [-0.2, -0.15) is 0 Å². The molecule has 1 aromatic carbocycles. The van der Waals surface area contributed by atoms with E-state index in [1.807, 2.05) is 0 Å². The number of aryl methyl sites for hydroxylation is 1. The van der Waals surface area contributed by atoms with E-state index in [9.17, 15) is 28.8 Å². The van der Waals surface area contributed by atoms with E-state index >= 15 is 0 Å². The molecule has 184 valence electrons.